The zero-order chi connectivity index (χ0) is 23.8. The summed E-state index contributed by atoms with van der Waals surface area (Å²) in [5, 5.41) is 0. The second-order valence-corrected chi connectivity index (χ2v) is 11.6. The number of rotatable bonds is 10. The highest BCUT2D eigenvalue weighted by atomic mass is 14.5. The van der Waals surface area contributed by atoms with Crippen molar-refractivity contribution in [3.8, 4) is 0 Å². The second-order valence-electron chi connectivity index (χ2n) is 11.6. The van der Waals surface area contributed by atoms with Crippen LogP contribution in [0.15, 0.2) is 48.5 Å². The Kier molecular flexibility index (Phi) is 8.98. The summed E-state index contributed by atoms with van der Waals surface area (Å²) in [7, 11) is 0. The summed E-state index contributed by atoms with van der Waals surface area (Å²) in [6, 6.07) is 17.3. The molecule has 2 fully saturated rings. The second kappa shape index (κ2) is 12.1. The number of hydrogen-bond acceptors (Lipinski definition) is 2. The molecule has 2 saturated carbocycles. The lowest BCUT2D eigenvalue weighted by molar-refractivity contribution is 0.208. The first kappa shape index (κ1) is 25.1. The highest BCUT2D eigenvalue weighted by Gasteiger charge is 2.38. The van der Waals surface area contributed by atoms with Gasteiger partial charge in [0.2, 0.25) is 0 Å². The average Bonchev–Trinajstić information content (AvgIpc) is 2.87. The van der Waals surface area contributed by atoms with Crippen molar-refractivity contribution in [3.63, 3.8) is 0 Å². The molecule has 2 aromatic rings. The third kappa shape index (κ3) is 6.37. The number of nitrogen functional groups attached to an aromatic ring is 2. The van der Waals surface area contributed by atoms with Gasteiger partial charge in [-0.25, -0.2) is 0 Å². The first-order valence-corrected chi connectivity index (χ1v) is 14.3. The molecule has 0 atom stereocenters. The van der Waals surface area contributed by atoms with E-state index < -0.39 is 0 Å². The molecule has 0 amide bonds. The molecule has 0 unspecified atom stereocenters. The van der Waals surface area contributed by atoms with Crippen LogP contribution in [0.4, 0.5) is 11.4 Å². The van der Waals surface area contributed by atoms with Crippen LogP contribution in [0.25, 0.3) is 0 Å². The number of hydrogen-bond donors (Lipinski definition) is 2. The van der Waals surface area contributed by atoms with Crippen molar-refractivity contribution in [2.45, 2.75) is 109 Å². The quantitative estimate of drug-likeness (QED) is 0.275. The average molecular weight is 461 g/mol. The topological polar surface area (TPSA) is 52.0 Å². The molecule has 4 rings (SSSR count). The van der Waals surface area contributed by atoms with Gasteiger partial charge >= 0.3 is 0 Å². The monoisotopic (exact) mass is 460 g/mol. The molecule has 2 heteroatoms. The molecule has 0 spiro atoms. The fourth-order valence-corrected chi connectivity index (χ4v) is 6.95. The Morgan fingerprint density at radius 2 is 1.03 bits per heavy atom. The summed E-state index contributed by atoms with van der Waals surface area (Å²) >= 11 is 0. The standard InChI is InChI=1S/C32H48N2/c1-2-3-4-5-6-25-7-9-26(10-8-25)11-12-27-21-23-32(24-22-27,28-13-17-30(33)18-14-28)29-15-19-31(34)20-16-29/h13-20,25-27H,2-12,21-24,33-34H2,1H3. The molecule has 0 aromatic heterocycles. The maximum atomic E-state index is 6.02. The van der Waals surface area contributed by atoms with E-state index in [4.69, 9.17) is 11.5 Å². The van der Waals surface area contributed by atoms with Crippen molar-refractivity contribution in [2.24, 2.45) is 17.8 Å². The van der Waals surface area contributed by atoms with Crippen molar-refractivity contribution in [1.82, 2.24) is 0 Å². The predicted molar refractivity (Wildman–Crippen MR) is 148 cm³/mol. The van der Waals surface area contributed by atoms with Gasteiger partial charge in [-0.1, -0.05) is 102 Å². The third-order valence-electron chi connectivity index (χ3n) is 9.30. The fourth-order valence-electron chi connectivity index (χ4n) is 6.95. The van der Waals surface area contributed by atoms with Gasteiger partial charge in [-0.3, -0.25) is 0 Å². The van der Waals surface area contributed by atoms with Crippen LogP contribution in [-0.4, -0.2) is 0 Å². The first-order chi connectivity index (χ1) is 16.6. The maximum absolute atomic E-state index is 6.02. The lowest BCUT2D eigenvalue weighted by Gasteiger charge is -2.42. The van der Waals surface area contributed by atoms with Gasteiger partial charge < -0.3 is 11.5 Å². The van der Waals surface area contributed by atoms with Gasteiger partial charge in [-0.05, 0) is 78.8 Å². The Morgan fingerprint density at radius 1 is 0.588 bits per heavy atom. The summed E-state index contributed by atoms with van der Waals surface area (Å²) in [6.07, 6.45) is 21.2. The van der Waals surface area contributed by atoms with Gasteiger partial charge in [-0.15, -0.1) is 0 Å². The molecule has 186 valence electrons. The van der Waals surface area contributed by atoms with Crippen LogP contribution in [0.3, 0.4) is 0 Å². The Labute approximate surface area is 208 Å². The minimum Gasteiger partial charge on any atom is -0.399 e. The molecule has 0 bridgehead atoms. The highest BCUT2D eigenvalue weighted by Crippen LogP contribution is 2.48. The fraction of sp³-hybridized carbons (Fsp3) is 0.625. The normalized spacial score (nSPS) is 23.1. The molecule has 0 aliphatic heterocycles. The van der Waals surface area contributed by atoms with E-state index in [1.807, 2.05) is 0 Å². The number of unbranched alkanes of at least 4 members (excludes halogenated alkanes) is 3. The van der Waals surface area contributed by atoms with Gasteiger partial charge in [0.25, 0.3) is 0 Å². The van der Waals surface area contributed by atoms with Crippen LogP contribution < -0.4 is 11.5 Å². The summed E-state index contributed by atoms with van der Waals surface area (Å²) < 4.78 is 0. The summed E-state index contributed by atoms with van der Waals surface area (Å²) in [5.74, 6) is 2.92. The SMILES string of the molecule is CCCCCCC1CCC(CCC2CCC(c3ccc(N)cc3)(c3ccc(N)cc3)CC2)CC1. The van der Waals surface area contributed by atoms with E-state index in [0.717, 1.165) is 29.1 Å². The summed E-state index contributed by atoms with van der Waals surface area (Å²) in [4.78, 5) is 0. The predicted octanol–water partition coefficient (Wildman–Crippen LogP) is 8.88. The van der Waals surface area contributed by atoms with E-state index in [1.165, 1.54) is 107 Å². The largest absolute Gasteiger partial charge is 0.399 e. The minimum absolute atomic E-state index is 0.105. The number of benzene rings is 2. The zero-order valence-corrected chi connectivity index (χ0v) is 21.6. The molecule has 0 saturated heterocycles. The van der Waals surface area contributed by atoms with E-state index in [1.54, 1.807) is 0 Å². The number of nitrogens with two attached hydrogens (primary N) is 2. The molecule has 0 heterocycles. The first-order valence-electron chi connectivity index (χ1n) is 14.3. The highest BCUT2D eigenvalue weighted by molar-refractivity contribution is 5.49. The van der Waals surface area contributed by atoms with Gasteiger partial charge in [0.05, 0.1) is 0 Å². The lowest BCUT2D eigenvalue weighted by Crippen LogP contribution is -2.33. The van der Waals surface area contributed by atoms with Crippen LogP contribution >= 0.6 is 0 Å². The van der Waals surface area contributed by atoms with Crippen molar-refractivity contribution >= 4 is 11.4 Å². The Hall–Kier alpha value is -1.96. The molecule has 4 N–H and O–H groups in total. The van der Waals surface area contributed by atoms with Crippen molar-refractivity contribution < 1.29 is 0 Å². The Balaban J connectivity index is 1.28. The minimum atomic E-state index is 0.105. The zero-order valence-electron chi connectivity index (χ0n) is 21.6. The molecule has 2 nitrogen and oxygen atoms in total. The van der Waals surface area contributed by atoms with Crippen molar-refractivity contribution in [3.05, 3.63) is 59.7 Å². The van der Waals surface area contributed by atoms with E-state index >= 15 is 0 Å². The van der Waals surface area contributed by atoms with Crippen molar-refractivity contribution in [2.75, 3.05) is 11.5 Å². The van der Waals surface area contributed by atoms with Crippen LogP contribution in [0, 0.1) is 17.8 Å². The van der Waals surface area contributed by atoms with E-state index in [9.17, 15) is 0 Å². The molecule has 34 heavy (non-hydrogen) atoms. The molecule has 2 aliphatic carbocycles. The molecule has 2 aromatic carbocycles. The molecule has 0 radical (unpaired) electrons. The van der Waals surface area contributed by atoms with Crippen molar-refractivity contribution in [1.29, 1.82) is 0 Å². The summed E-state index contributed by atoms with van der Waals surface area (Å²) in [6.45, 7) is 2.31. The van der Waals surface area contributed by atoms with E-state index in [-0.39, 0.29) is 5.41 Å². The van der Waals surface area contributed by atoms with Gasteiger partial charge in [0.1, 0.15) is 0 Å². The summed E-state index contributed by atoms with van der Waals surface area (Å²) in [5.41, 5.74) is 16.7. The Morgan fingerprint density at radius 3 is 1.50 bits per heavy atom. The van der Waals surface area contributed by atoms with Crippen LogP contribution in [0.2, 0.25) is 0 Å². The Bertz CT molecular complexity index is 790. The lowest BCUT2D eigenvalue weighted by atomic mass is 9.62. The number of anilines is 2. The molecular weight excluding hydrogens is 412 g/mol. The smallest absolute Gasteiger partial charge is 0.0314 e. The third-order valence-corrected chi connectivity index (χ3v) is 9.30. The maximum Gasteiger partial charge on any atom is 0.0314 e. The van der Waals surface area contributed by atoms with Crippen LogP contribution in [0.5, 0.6) is 0 Å². The van der Waals surface area contributed by atoms with Gasteiger partial charge in [-0.2, -0.15) is 0 Å². The van der Waals surface area contributed by atoms with Gasteiger partial charge in [0, 0.05) is 16.8 Å². The van der Waals surface area contributed by atoms with Gasteiger partial charge in [0.15, 0.2) is 0 Å². The van der Waals surface area contributed by atoms with E-state index in [2.05, 4.69) is 55.5 Å². The van der Waals surface area contributed by atoms with Crippen LogP contribution in [0.1, 0.15) is 114 Å². The van der Waals surface area contributed by atoms with Crippen LogP contribution in [-0.2, 0) is 5.41 Å². The van der Waals surface area contributed by atoms with E-state index in [0.29, 0.717) is 0 Å². The molecular formula is C32H48N2. The molecule has 2 aliphatic rings.